The molecule has 0 saturated heterocycles. The molecule has 5 nitrogen and oxygen atoms in total. The first kappa shape index (κ1) is 13.3. The molecular formula is C4H5F3O5. The second kappa shape index (κ2) is 5.35. The number of aliphatic hydroxyl groups is 1. The number of carbonyl (C=O) groups is 2. The van der Waals surface area contributed by atoms with E-state index >= 15 is 0 Å². The second-order valence-corrected chi connectivity index (χ2v) is 1.38. The average molecular weight is 190 g/mol. The smallest absolute Gasteiger partial charge is 0.414 e. The van der Waals surface area contributed by atoms with Gasteiger partial charge in [0, 0.05) is 0 Å². The summed E-state index contributed by atoms with van der Waals surface area (Å²) in [6.45, 7) is -1.73. The van der Waals surface area contributed by atoms with Crippen molar-refractivity contribution in [2.75, 3.05) is 6.61 Å². The molecule has 0 heterocycles. The number of carboxylic acids is 2. The molecule has 0 aromatic carbocycles. The number of alkyl halides is 3. The van der Waals surface area contributed by atoms with Crippen molar-refractivity contribution in [3.05, 3.63) is 0 Å². The van der Waals surface area contributed by atoms with E-state index in [1.165, 1.54) is 0 Å². The van der Waals surface area contributed by atoms with Crippen LogP contribution in [0.4, 0.5) is 13.2 Å². The van der Waals surface area contributed by atoms with Crippen molar-refractivity contribution in [3.63, 3.8) is 0 Å². The van der Waals surface area contributed by atoms with Gasteiger partial charge in [0.25, 0.3) is 0 Å². The minimum absolute atomic E-state index is 1.73. The van der Waals surface area contributed by atoms with Gasteiger partial charge in [-0.15, -0.1) is 0 Å². The summed E-state index contributed by atoms with van der Waals surface area (Å²) in [5.74, 6) is -3.65. The van der Waals surface area contributed by atoms with Crippen molar-refractivity contribution in [2.45, 2.75) is 6.18 Å². The summed E-state index contributed by atoms with van der Waals surface area (Å²) in [6.07, 6.45) is -4.40. The lowest BCUT2D eigenvalue weighted by Gasteiger charge is -1.95. The molecular weight excluding hydrogens is 185 g/mol. The first-order chi connectivity index (χ1) is 5.20. The standard InChI is InChI=1S/C2H3F3O.C2H2O4/c3-2(4,5)1-6;3-1(4)2(5)6/h6H,1H2;(H,3,4)(H,5,6). The van der Waals surface area contributed by atoms with Crippen LogP contribution in [0.25, 0.3) is 0 Å². The maximum Gasteiger partial charge on any atom is 0.414 e. The molecule has 0 bridgehead atoms. The van der Waals surface area contributed by atoms with Gasteiger partial charge in [-0.05, 0) is 0 Å². The first-order valence-corrected chi connectivity index (χ1v) is 2.34. The molecule has 0 aromatic heterocycles. The van der Waals surface area contributed by atoms with E-state index in [4.69, 9.17) is 24.9 Å². The van der Waals surface area contributed by atoms with Gasteiger partial charge in [-0.25, -0.2) is 9.59 Å². The summed E-state index contributed by atoms with van der Waals surface area (Å²) >= 11 is 0. The minimum atomic E-state index is -4.40. The van der Waals surface area contributed by atoms with Crippen LogP contribution in [-0.4, -0.2) is 40.0 Å². The fraction of sp³-hybridized carbons (Fsp3) is 0.500. The minimum Gasteiger partial charge on any atom is -0.473 e. The Morgan fingerprint density at radius 2 is 1.25 bits per heavy atom. The maximum absolute atomic E-state index is 10.5. The normalized spacial score (nSPS) is 9.67. The lowest BCUT2D eigenvalue weighted by Crippen LogP contribution is -2.12. The van der Waals surface area contributed by atoms with Gasteiger partial charge in [0.2, 0.25) is 0 Å². The van der Waals surface area contributed by atoms with Crippen molar-refractivity contribution in [2.24, 2.45) is 0 Å². The Bertz CT molecular complexity index is 151. The fourth-order valence-electron chi connectivity index (χ4n) is 0. The van der Waals surface area contributed by atoms with E-state index in [-0.39, 0.29) is 0 Å². The number of aliphatic carboxylic acids is 2. The number of rotatable bonds is 0. The molecule has 0 rings (SSSR count). The van der Waals surface area contributed by atoms with E-state index < -0.39 is 24.7 Å². The van der Waals surface area contributed by atoms with E-state index in [0.29, 0.717) is 0 Å². The van der Waals surface area contributed by atoms with Crippen molar-refractivity contribution in [1.82, 2.24) is 0 Å². The summed E-state index contributed by atoms with van der Waals surface area (Å²) in [5.41, 5.74) is 0. The fourth-order valence-corrected chi connectivity index (χ4v) is 0. The van der Waals surface area contributed by atoms with Crippen LogP contribution in [0.2, 0.25) is 0 Å². The molecule has 0 fully saturated rings. The predicted molar refractivity (Wildman–Crippen MR) is 28.4 cm³/mol. The number of hydrogen-bond donors (Lipinski definition) is 3. The zero-order chi connectivity index (χ0) is 10.4. The van der Waals surface area contributed by atoms with Crippen LogP contribution in [0.3, 0.4) is 0 Å². The van der Waals surface area contributed by atoms with Gasteiger partial charge in [-0.1, -0.05) is 0 Å². The van der Waals surface area contributed by atoms with Crippen molar-refractivity contribution >= 4 is 11.9 Å². The number of carboxylic acid groups (broad SMARTS) is 2. The largest absolute Gasteiger partial charge is 0.473 e. The summed E-state index contributed by atoms with van der Waals surface area (Å²) in [7, 11) is 0. The van der Waals surface area contributed by atoms with Gasteiger partial charge in [0.05, 0.1) is 0 Å². The van der Waals surface area contributed by atoms with Crippen molar-refractivity contribution < 1.29 is 38.1 Å². The van der Waals surface area contributed by atoms with Crippen LogP contribution in [0.1, 0.15) is 0 Å². The highest BCUT2D eigenvalue weighted by molar-refractivity contribution is 6.27. The molecule has 0 radical (unpaired) electrons. The Morgan fingerprint density at radius 1 is 1.08 bits per heavy atom. The summed E-state index contributed by atoms with van der Waals surface area (Å²) in [6, 6.07) is 0. The van der Waals surface area contributed by atoms with E-state index in [9.17, 15) is 13.2 Å². The zero-order valence-electron chi connectivity index (χ0n) is 5.50. The monoisotopic (exact) mass is 190 g/mol. The molecule has 8 heteroatoms. The Hall–Kier alpha value is -1.31. The molecule has 0 aliphatic heterocycles. The van der Waals surface area contributed by atoms with Crippen molar-refractivity contribution in [3.8, 4) is 0 Å². The summed E-state index contributed by atoms with van der Waals surface area (Å²) < 4.78 is 31.6. The van der Waals surface area contributed by atoms with Crippen LogP contribution in [-0.2, 0) is 9.59 Å². The molecule has 72 valence electrons. The SMILES string of the molecule is O=C(O)C(=O)O.OCC(F)(F)F. The quantitative estimate of drug-likeness (QED) is 0.455. The molecule has 0 unspecified atom stereocenters. The van der Waals surface area contributed by atoms with Gasteiger partial charge >= 0.3 is 18.1 Å². The molecule has 0 amide bonds. The van der Waals surface area contributed by atoms with Crippen LogP contribution in [0, 0.1) is 0 Å². The van der Waals surface area contributed by atoms with Crippen LogP contribution < -0.4 is 0 Å². The highest BCUT2D eigenvalue weighted by Crippen LogP contribution is 2.11. The van der Waals surface area contributed by atoms with Gasteiger partial charge in [0.15, 0.2) is 0 Å². The van der Waals surface area contributed by atoms with E-state index in [0.717, 1.165) is 0 Å². The second-order valence-electron chi connectivity index (χ2n) is 1.38. The molecule has 0 aliphatic rings. The Morgan fingerprint density at radius 3 is 1.25 bits per heavy atom. The maximum atomic E-state index is 10.5. The molecule has 0 aromatic rings. The van der Waals surface area contributed by atoms with E-state index in [1.54, 1.807) is 0 Å². The number of halogens is 3. The van der Waals surface area contributed by atoms with Gasteiger partial charge in [-0.2, -0.15) is 13.2 Å². The molecule has 0 saturated carbocycles. The highest BCUT2D eigenvalue weighted by Gasteiger charge is 2.24. The molecule has 3 N–H and O–H groups in total. The third kappa shape index (κ3) is 15.9. The molecule has 12 heavy (non-hydrogen) atoms. The third-order valence-corrected chi connectivity index (χ3v) is 0.362. The topological polar surface area (TPSA) is 94.8 Å². The lowest BCUT2D eigenvalue weighted by atomic mass is 10.7. The molecule has 0 spiro atoms. The van der Waals surface area contributed by atoms with Crippen LogP contribution >= 0.6 is 0 Å². The first-order valence-electron chi connectivity index (χ1n) is 2.34. The Kier molecular flexibility index (Phi) is 5.93. The van der Waals surface area contributed by atoms with Gasteiger partial charge in [0.1, 0.15) is 6.61 Å². The Balaban J connectivity index is 0. The van der Waals surface area contributed by atoms with Gasteiger partial charge < -0.3 is 15.3 Å². The summed E-state index contributed by atoms with van der Waals surface area (Å²) in [5, 5.41) is 22.1. The highest BCUT2D eigenvalue weighted by atomic mass is 19.4. The zero-order valence-corrected chi connectivity index (χ0v) is 5.50. The third-order valence-electron chi connectivity index (χ3n) is 0.362. The number of aliphatic hydroxyl groups excluding tert-OH is 1. The van der Waals surface area contributed by atoms with E-state index in [2.05, 4.69) is 0 Å². The van der Waals surface area contributed by atoms with Crippen molar-refractivity contribution in [1.29, 1.82) is 0 Å². The summed E-state index contributed by atoms with van der Waals surface area (Å²) in [4.78, 5) is 18.2. The van der Waals surface area contributed by atoms with Crippen LogP contribution in [0.15, 0.2) is 0 Å². The van der Waals surface area contributed by atoms with Crippen LogP contribution in [0.5, 0.6) is 0 Å². The Labute approximate surface area is 64.0 Å². The molecule has 0 atom stereocenters. The number of hydrogen-bond acceptors (Lipinski definition) is 3. The predicted octanol–water partition coefficient (Wildman–Crippen LogP) is -0.303. The average Bonchev–Trinajstić information content (AvgIpc) is 1.87. The molecule has 0 aliphatic carbocycles. The van der Waals surface area contributed by atoms with Gasteiger partial charge in [-0.3, -0.25) is 0 Å². The van der Waals surface area contributed by atoms with E-state index in [1.807, 2.05) is 0 Å². The lowest BCUT2D eigenvalue weighted by molar-refractivity contribution is -0.159.